The molecule has 0 aromatic heterocycles. The lowest BCUT2D eigenvalue weighted by Crippen LogP contribution is -2.38. The second kappa shape index (κ2) is 4.77. The Kier molecular flexibility index (Phi) is 3.21. The number of nitrogens with zero attached hydrogens (tertiary/aromatic N) is 1. The van der Waals surface area contributed by atoms with Crippen LogP contribution in [0.15, 0.2) is 24.3 Å². The van der Waals surface area contributed by atoms with E-state index in [-0.39, 0.29) is 5.91 Å². The molecule has 2 aliphatic rings. The fourth-order valence-corrected chi connectivity index (χ4v) is 3.18. The zero-order valence-corrected chi connectivity index (χ0v) is 11.8. The molecule has 1 aliphatic heterocycles. The van der Waals surface area contributed by atoms with Gasteiger partial charge < -0.3 is 10.0 Å². The Hall–Kier alpha value is -1.55. The second-order valence-corrected chi connectivity index (χ2v) is 6.10. The van der Waals surface area contributed by atoms with E-state index in [2.05, 4.69) is 0 Å². The lowest BCUT2D eigenvalue weighted by Gasteiger charge is -2.23. The van der Waals surface area contributed by atoms with Crippen LogP contribution in [-0.4, -0.2) is 35.0 Å². The lowest BCUT2D eigenvalue weighted by atomic mass is 9.94. The average Bonchev–Trinajstić information content (AvgIpc) is 3.08. The molecule has 1 saturated carbocycles. The van der Waals surface area contributed by atoms with E-state index in [0.29, 0.717) is 24.5 Å². The summed E-state index contributed by atoms with van der Waals surface area (Å²) in [6.07, 6.45) is 2.19. The third-order valence-corrected chi connectivity index (χ3v) is 4.60. The summed E-state index contributed by atoms with van der Waals surface area (Å²) in [6.45, 7) is 0.870. The minimum atomic E-state index is -0.812. The van der Waals surface area contributed by atoms with Gasteiger partial charge in [-0.25, -0.2) is 0 Å². The van der Waals surface area contributed by atoms with E-state index >= 15 is 0 Å². The number of carboxylic acids is 1. The first kappa shape index (κ1) is 13.4. The van der Waals surface area contributed by atoms with Crippen molar-refractivity contribution in [3.05, 3.63) is 34.9 Å². The summed E-state index contributed by atoms with van der Waals surface area (Å²) < 4.78 is 0. The molecule has 1 N–H and O–H groups in total. The van der Waals surface area contributed by atoms with Gasteiger partial charge in [-0.3, -0.25) is 9.59 Å². The predicted octanol–water partition coefficient (Wildman–Crippen LogP) is 2.30. The fourth-order valence-electron chi connectivity index (χ4n) is 2.99. The van der Waals surface area contributed by atoms with Crippen molar-refractivity contribution in [2.75, 3.05) is 13.1 Å². The molecule has 1 aromatic rings. The number of hydrogen-bond acceptors (Lipinski definition) is 2. The van der Waals surface area contributed by atoms with E-state index in [0.717, 1.165) is 18.4 Å². The standard InChI is InChI=1S/C15H16ClNO3/c16-12-3-1-2-11(8-12)15(5-6-15)14(20)17-7-4-10(9-17)13(18)19/h1-3,8,10H,4-7,9H2,(H,18,19). The molecule has 20 heavy (non-hydrogen) atoms. The largest absolute Gasteiger partial charge is 0.481 e. The number of carbonyl (C=O) groups is 2. The molecule has 0 radical (unpaired) electrons. The van der Waals surface area contributed by atoms with Crippen molar-refractivity contribution >= 4 is 23.5 Å². The zero-order valence-electron chi connectivity index (χ0n) is 11.0. The molecule has 2 fully saturated rings. The number of likely N-dealkylation sites (tertiary alicyclic amines) is 1. The number of carboxylic acid groups (broad SMARTS) is 1. The second-order valence-electron chi connectivity index (χ2n) is 5.67. The van der Waals surface area contributed by atoms with Crippen molar-refractivity contribution in [2.24, 2.45) is 5.92 Å². The molecule has 1 aliphatic carbocycles. The van der Waals surface area contributed by atoms with Gasteiger partial charge in [-0.2, -0.15) is 0 Å². The molecule has 1 aromatic carbocycles. The van der Waals surface area contributed by atoms with Crippen molar-refractivity contribution < 1.29 is 14.7 Å². The van der Waals surface area contributed by atoms with Crippen LogP contribution in [0.25, 0.3) is 0 Å². The summed E-state index contributed by atoms with van der Waals surface area (Å²) in [5.41, 5.74) is 0.493. The van der Waals surface area contributed by atoms with E-state index in [9.17, 15) is 9.59 Å². The third-order valence-electron chi connectivity index (χ3n) is 4.36. The van der Waals surface area contributed by atoms with Gasteiger partial charge in [0, 0.05) is 18.1 Å². The van der Waals surface area contributed by atoms with Crippen LogP contribution in [0.2, 0.25) is 5.02 Å². The van der Waals surface area contributed by atoms with E-state index in [1.807, 2.05) is 18.2 Å². The Morgan fingerprint density at radius 2 is 2.10 bits per heavy atom. The van der Waals surface area contributed by atoms with Crippen LogP contribution < -0.4 is 0 Å². The van der Waals surface area contributed by atoms with Crippen LogP contribution in [0.4, 0.5) is 0 Å². The molecule has 0 bridgehead atoms. The maximum absolute atomic E-state index is 12.7. The molecule has 1 atom stereocenters. The molecular weight excluding hydrogens is 278 g/mol. The molecule has 1 saturated heterocycles. The molecule has 1 heterocycles. The van der Waals surface area contributed by atoms with E-state index < -0.39 is 17.3 Å². The molecule has 106 valence electrons. The number of halogens is 1. The van der Waals surface area contributed by atoms with Gasteiger partial charge in [-0.05, 0) is 37.0 Å². The van der Waals surface area contributed by atoms with Crippen LogP contribution >= 0.6 is 11.6 Å². The summed E-state index contributed by atoms with van der Waals surface area (Å²) in [6, 6.07) is 7.43. The molecule has 5 heteroatoms. The highest BCUT2D eigenvalue weighted by Gasteiger charge is 2.54. The monoisotopic (exact) mass is 293 g/mol. The van der Waals surface area contributed by atoms with Crippen LogP contribution in [-0.2, 0) is 15.0 Å². The first-order valence-corrected chi connectivity index (χ1v) is 7.19. The normalized spacial score (nSPS) is 23.6. The van der Waals surface area contributed by atoms with Gasteiger partial charge in [-0.1, -0.05) is 23.7 Å². The smallest absolute Gasteiger partial charge is 0.308 e. The Morgan fingerprint density at radius 3 is 2.65 bits per heavy atom. The summed E-state index contributed by atoms with van der Waals surface area (Å²) in [7, 11) is 0. The van der Waals surface area contributed by atoms with Crippen LogP contribution in [0.3, 0.4) is 0 Å². The van der Waals surface area contributed by atoms with Gasteiger partial charge in [0.2, 0.25) is 5.91 Å². The van der Waals surface area contributed by atoms with E-state index in [4.69, 9.17) is 16.7 Å². The van der Waals surface area contributed by atoms with Crippen LogP contribution in [0, 0.1) is 5.92 Å². The van der Waals surface area contributed by atoms with Crippen molar-refractivity contribution in [1.82, 2.24) is 4.90 Å². The van der Waals surface area contributed by atoms with Crippen molar-refractivity contribution in [3.8, 4) is 0 Å². The van der Waals surface area contributed by atoms with Gasteiger partial charge in [0.05, 0.1) is 11.3 Å². The third kappa shape index (κ3) is 2.18. The number of amides is 1. The molecule has 0 spiro atoms. The maximum atomic E-state index is 12.7. The highest BCUT2D eigenvalue weighted by Crippen LogP contribution is 2.50. The Balaban J connectivity index is 1.79. The molecule has 4 nitrogen and oxygen atoms in total. The van der Waals surface area contributed by atoms with Gasteiger partial charge in [0.25, 0.3) is 0 Å². The zero-order chi connectivity index (χ0) is 14.3. The first-order valence-electron chi connectivity index (χ1n) is 6.81. The SMILES string of the molecule is O=C(O)C1CCN(C(=O)C2(c3cccc(Cl)c3)CC2)C1. The highest BCUT2D eigenvalue weighted by molar-refractivity contribution is 6.30. The molecular formula is C15H16ClNO3. The average molecular weight is 294 g/mol. The number of rotatable bonds is 3. The summed E-state index contributed by atoms with van der Waals surface area (Å²) >= 11 is 6.01. The minimum absolute atomic E-state index is 0.0588. The maximum Gasteiger partial charge on any atom is 0.308 e. The Bertz CT molecular complexity index is 568. The van der Waals surface area contributed by atoms with Gasteiger partial charge in [0.15, 0.2) is 0 Å². The van der Waals surface area contributed by atoms with E-state index in [1.165, 1.54) is 0 Å². The fraction of sp³-hybridized carbons (Fsp3) is 0.467. The lowest BCUT2D eigenvalue weighted by molar-refractivity contribution is -0.141. The van der Waals surface area contributed by atoms with E-state index in [1.54, 1.807) is 11.0 Å². The number of benzene rings is 1. The molecule has 3 rings (SSSR count). The van der Waals surface area contributed by atoms with Crippen molar-refractivity contribution in [2.45, 2.75) is 24.7 Å². The van der Waals surface area contributed by atoms with Gasteiger partial charge >= 0.3 is 5.97 Å². The van der Waals surface area contributed by atoms with Crippen molar-refractivity contribution in [1.29, 1.82) is 0 Å². The number of carbonyl (C=O) groups excluding carboxylic acids is 1. The first-order chi connectivity index (χ1) is 9.53. The summed E-state index contributed by atoms with van der Waals surface area (Å²) in [5, 5.41) is 9.66. The van der Waals surface area contributed by atoms with Crippen LogP contribution in [0.1, 0.15) is 24.8 Å². The van der Waals surface area contributed by atoms with Crippen molar-refractivity contribution in [3.63, 3.8) is 0 Å². The highest BCUT2D eigenvalue weighted by atomic mass is 35.5. The predicted molar refractivity (Wildman–Crippen MR) is 74.7 cm³/mol. The molecule has 1 amide bonds. The quantitative estimate of drug-likeness (QED) is 0.930. The number of aliphatic carboxylic acids is 1. The minimum Gasteiger partial charge on any atom is -0.481 e. The Morgan fingerprint density at radius 1 is 1.35 bits per heavy atom. The summed E-state index contributed by atoms with van der Waals surface area (Å²) in [4.78, 5) is 25.4. The summed E-state index contributed by atoms with van der Waals surface area (Å²) in [5.74, 6) is -1.18. The van der Waals surface area contributed by atoms with Gasteiger partial charge in [-0.15, -0.1) is 0 Å². The number of hydrogen-bond donors (Lipinski definition) is 1. The van der Waals surface area contributed by atoms with Crippen LogP contribution in [0.5, 0.6) is 0 Å². The van der Waals surface area contributed by atoms with Gasteiger partial charge in [0.1, 0.15) is 0 Å². The molecule has 1 unspecified atom stereocenters. The topological polar surface area (TPSA) is 57.6 Å². The Labute approximate surface area is 122 Å².